The Morgan fingerprint density at radius 2 is 1.21 bits per heavy atom. The van der Waals surface area contributed by atoms with Gasteiger partial charge in [-0.05, 0) is 12.8 Å². The van der Waals surface area contributed by atoms with E-state index in [-0.39, 0.29) is 31.9 Å². The van der Waals surface area contributed by atoms with E-state index >= 15 is 0 Å². The van der Waals surface area contributed by atoms with Crippen LogP contribution in [0.4, 0.5) is 4.79 Å². The Labute approximate surface area is 140 Å². The van der Waals surface area contributed by atoms with Gasteiger partial charge < -0.3 is 44.1 Å². The Morgan fingerprint density at radius 1 is 0.833 bits per heavy atom. The molecule has 144 valence electrons. The quantitative estimate of drug-likeness (QED) is 0.477. The van der Waals surface area contributed by atoms with Crippen molar-refractivity contribution in [2.45, 2.75) is 31.8 Å². The zero-order valence-electron chi connectivity index (χ0n) is 13.7. The summed E-state index contributed by atoms with van der Waals surface area (Å²) in [5, 5.41) is 16.7. The Bertz CT molecular complexity index is 268. The standard InChI is InChI=1S/C7H14O5.C7H12O4.H2O/c8-3-1-5-11-7(10)12-6-2-4-9;1-3-8-7(9-4-1)10-5-2-6-11-7;/h8-9H,1-6H2;1-6H2;1H2. The molecule has 2 heterocycles. The molecular weight excluding hydrogens is 328 g/mol. The maximum absolute atomic E-state index is 10.6. The minimum atomic E-state index is -1.14. The maximum atomic E-state index is 10.6. The molecule has 0 aromatic carbocycles. The van der Waals surface area contributed by atoms with Crippen LogP contribution in [0, 0.1) is 0 Å². The predicted molar refractivity (Wildman–Crippen MR) is 80.1 cm³/mol. The zero-order chi connectivity index (χ0) is 16.8. The summed E-state index contributed by atoms with van der Waals surface area (Å²) in [5.41, 5.74) is 0. The molecule has 0 aromatic heterocycles. The normalized spacial score (nSPS) is 18.8. The van der Waals surface area contributed by atoms with Gasteiger partial charge in [0.2, 0.25) is 0 Å². The largest absolute Gasteiger partial charge is 0.508 e. The summed E-state index contributed by atoms with van der Waals surface area (Å²) >= 11 is 0. The summed E-state index contributed by atoms with van der Waals surface area (Å²) in [4.78, 5) is 10.6. The second-order valence-electron chi connectivity index (χ2n) is 4.70. The van der Waals surface area contributed by atoms with Crippen molar-refractivity contribution < 1.29 is 48.9 Å². The molecule has 0 saturated carbocycles. The van der Waals surface area contributed by atoms with Gasteiger partial charge in [0.1, 0.15) is 0 Å². The van der Waals surface area contributed by atoms with Gasteiger partial charge >= 0.3 is 12.3 Å². The van der Waals surface area contributed by atoms with Crippen molar-refractivity contribution in [2.75, 3.05) is 52.9 Å². The second kappa shape index (κ2) is 14.3. The fourth-order valence-corrected chi connectivity index (χ4v) is 1.64. The molecule has 24 heavy (non-hydrogen) atoms. The van der Waals surface area contributed by atoms with E-state index in [0.29, 0.717) is 39.3 Å². The number of rotatable bonds is 6. The van der Waals surface area contributed by atoms with Crippen molar-refractivity contribution in [3.8, 4) is 0 Å². The zero-order valence-corrected chi connectivity index (χ0v) is 13.7. The number of carbonyl (C=O) groups is 1. The Morgan fingerprint density at radius 3 is 1.54 bits per heavy atom. The lowest BCUT2D eigenvalue weighted by molar-refractivity contribution is -0.524. The van der Waals surface area contributed by atoms with Crippen LogP contribution in [0.5, 0.6) is 0 Å². The van der Waals surface area contributed by atoms with Gasteiger partial charge in [-0.3, -0.25) is 0 Å². The lowest BCUT2D eigenvalue weighted by atomic mass is 10.4. The predicted octanol–water partition coefficient (Wildman–Crippen LogP) is -0.449. The maximum Gasteiger partial charge on any atom is 0.508 e. The molecule has 10 heteroatoms. The molecule has 2 aliphatic heterocycles. The third-order valence-electron chi connectivity index (χ3n) is 2.74. The van der Waals surface area contributed by atoms with Gasteiger partial charge in [-0.1, -0.05) is 0 Å². The third-order valence-corrected chi connectivity index (χ3v) is 2.74. The van der Waals surface area contributed by atoms with Crippen LogP contribution in [0.25, 0.3) is 0 Å². The molecule has 0 aliphatic carbocycles. The molecule has 2 rings (SSSR count). The second-order valence-corrected chi connectivity index (χ2v) is 4.70. The van der Waals surface area contributed by atoms with E-state index in [1.165, 1.54) is 0 Å². The molecule has 1 spiro atoms. The summed E-state index contributed by atoms with van der Waals surface area (Å²) in [6, 6.07) is 0. The van der Waals surface area contributed by atoms with E-state index in [1.807, 2.05) is 0 Å². The van der Waals surface area contributed by atoms with Crippen LogP contribution in [-0.4, -0.2) is 80.9 Å². The van der Waals surface area contributed by atoms with Gasteiger partial charge in [-0.2, -0.15) is 0 Å². The van der Waals surface area contributed by atoms with Crippen LogP contribution in [0.15, 0.2) is 0 Å². The minimum absolute atomic E-state index is 0. The molecular formula is C14H28O10. The Hall–Kier alpha value is -1.01. The summed E-state index contributed by atoms with van der Waals surface area (Å²) < 4.78 is 30.0. The minimum Gasteiger partial charge on any atom is -0.434 e. The van der Waals surface area contributed by atoms with Crippen LogP contribution in [-0.2, 0) is 28.4 Å². The highest BCUT2D eigenvalue weighted by Gasteiger charge is 2.39. The Kier molecular flexibility index (Phi) is 13.7. The number of hydrogen-bond acceptors (Lipinski definition) is 9. The van der Waals surface area contributed by atoms with Gasteiger partial charge in [0.05, 0.1) is 39.6 Å². The molecule has 0 amide bonds. The van der Waals surface area contributed by atoms with Crippen molar-refractivity contribution in [1.82, 2.24) is 0 Å². The fraction of sp³-hybridized carbons (Fsp3) is 0.929. The molecule has 0 atom stereocenters. The average Bonchev–Trinajstić information content (AvgIpc) is 2.57. The number of carbonyl (C=O) groups excluding carboxylic acids is 1. The molecule has 2 fully saturated rings. The first-order chi connectivity index (χ1) is 11.2. The van der Waals surface area contributed by atoms with Crippen molar-refractivity contribution in [2.24, 2.45) is 0 Å². The SMILES string of the molecule is C1COC2(OC1)OCCCO2.O.O=C(OCCCO)OCCCO. The first-order valence-corrected chi connectivity index (χ1v) is 7.79. The average molecular weight is 356 g/mol. The lowest BCUT2D eigenvalue weighted by Crippen LogP contribution is -2.48. The fourth-order valence-electron chi connectivity index (χ4n) is 1.64. The molecule has 0 unspecified atom stereocenters. The lowest BCUT2D eigenvalue weighted by Gasteiger charge is -2.37. The summed E-state index contributed by atoms with van der Waals surface area (Å²) in [5.74, 6) is 0. The Balaban J connectivity index is 0.000000423. The van der Waals surface area contributed by atoms with Crippen LogP contribution in [0.3, 0.4) is 0 Å². The molecule has 0 radical (unpaired) electrons. The molecule has 10 nitrogen and oxygen atoms in total. The van der Waals surface area contributed by atoms with E-state index in [2.05, 4.69) is 9.47 Å². The van der Waals surface area contributed by atoms with Gasteiger partial charge in [0, 0.05) is 26.1 Å². The molecule has 2 saturated heterocycles. The number of aliphatic hydroxyl groups excluding tert-OH is 2. The van der Waals surface area contributed by atoms with Crippen LogP contribution < -0.4 is 0 Å². The summed E-state index contributed by atoms with van der Waals surface area (Å²) in [6.45, 7) is 2.91. The van der Waals surface area contributed by atoms with Crippen molar-refractivity contribution in [3.63, 3.8) is 0 Å². The first-order valence-electron chi connectivity index (χ1n) is 7.79. The molecule has 2 aliphatic rings. The topological polar surface area (TPSA) is 144 Å². The summed E-state index contributed by atoms with van der Waals surface area (Å²) in [6.07, 6.45) is 0.751. The van der Waals surface area contributed by atoms with E-state index in [1.54, 1.807) is 0 Å². The third kappa shape index (κ3) is 9.98. The van der Waals surface area contributed by atoms with E-state index in [0.717, 1.165) is 12.8 Å². The first kappa shape index (κ1) is 23.0. The summed E-state index contributed by atoms with van der Waals surface area (Å²) in [7, 11) is 0. The van der Waals surface area contributed by atoms with Gasteiger partial charge in [0.15, 0.2) is 0 Å². The highest BCUT2D eigenvalue weighted by molar-refractivity contribution is 5.59. The number of aliphatic hydroxyl groups is 2. The van der Waals surface area contributed by atoms with E-state index in [4.69, 9.17) is 29.2 Å². The van der Waals surface area contributed by atoms with Crippen LogP contribution in [0.1, 0.15) is 25.7 Å². The van der Waals surface area contributed by atoms with Gasteiger partial charge in [0.25, 0.3) is 0 Å². The van der Waals surface area contributed by atoms with Gasteiger partial charge in [-0.25, -0.2) is 4.79 Å². The van der Waals surface area contributed by atoms with Crippen molar-refractivity contribution >= 4 is 6.16 Å². The van der Waals surface area contributed by atoms with Crippen LogP contribution in [0.2, 0.25) is 0 Å². The van der Waals surface area contributed by atoms with Gasteiger partial charge in [-0.15, -0.1) is 0 Å². The highest BCUT2D eigenvalue weighted by atomic mass is 17.0. The number of hydrogen-bond donors (Lipinski definition) is 2. The molecule has 4 N–H and O–H groups in total. The van der Waals surface area contributed by atoms with Crippen LogP contribution >= 0.6 is 0 Å². The molecule has 0 bridgehead atoms. The van der Waals surface area contributed by atoms with E-state index < -0.39 is 12.3 Å². The molecule has 0 aromatic rings. The van der Waals surface area contributed by atoms with Crippen molar-refractivity contribution in [1.29, 1.82) is 0 Å². The smallest absolute Gasteiger partial charge is 0.434 e. The number of ether oxygens (including phenoxy) is 6. The monoisotopic (exact) mass is 356 g/mol. The highest BCUT2D eigenvalue weighted by Crippen LogP contribution is 2.25. The van der Waals surface area contributed by atoms with E-state index in [9.17, 15) is 4.79 Å². The van der Waals surface area contributed by atoms with Crippen molar-refractivity contribution in [3.05, 3.63) is 0 Å².